The van der Waals surface area contributed by atoms with Crippen molar-refractivity contribution in [1.82, 2.24) is 20.6 Å². The molecule has 2 bridgehead atoms. The molecule has 0 aromatic heterocycles. The topological polar surface area (TPSA) is 153 Å². The lowest BCUT2D eigenvalue weighted by Gasteiger charge is -2.62. The van der Waals surface area contributed by atoms with Gasteiger partial charge in [0.05, 0.1) is 31.3 Å². The van der Waals surface area contributed by atoms with E-state index in [0.29, 0.717) is 61.5 Å². The van der Waals surface area contributed by atoms with Crippen LogP contribution in [0.3, 0.4) is 0 Å². The Morgan fingerprint density at radius 2 is 1.78 bits per heavy atom. The van der Waals surface area contributed by atoms with Crippen molar-refractivity contribution >= 4 is 17.5 Å². The molecule has 1 unspecified atom stereocenters. The van der Waals surface area contributed by atoms with E-state index in [1.165, 1.54) is 6.42 Å². The Kier molecular flexibility index (Phi) is 12.2. The highest BCUT2D eigenvalue weighted by molar-refractivity contribution is 5.97. The van der Waals surface area contributed by atoms with Crippen LogP contribution in [-0.4, -0.2) is 116 Å². The normalized spacial score (nSPS) is 29.8. The number of benzene rings is 3. The number of amides is 2. The lowest BCUT2D eigenvalue weighted by molar-refractivity contribution is -0.183. The fraction of sp³-hybridized carbons (Fsp3) is 0.574. The second kappa shape index (κ2) is 16.8. The summed E-state index contributed by atoms with van der Waals surface area (Å²) in [5.41, 5.74) is 8.89. The predicted molar refractivity (Wildman–Crippen MR) is 231 cm³/mol. The van der Waals surface area contributed by atoms with Gasteiger partial charge < -0.3 is 41.1 Å². The summed E-state index contributed by atoms with van der Waals surface area (Å²) in [6.45, 7) is 10.2. The SMILES string of the molecule is COc1c(CN2O[C@@H](CO)[C@]3(CC3(C)O)[C@H]2C(=O)N[C@H]2C[C@H]3C[C@@H]([C@@H]2C)C3(C)C)cccc1-c1cc(C(=O)N[C@@H](Cc2ccccc2)CN(C)C)cc(N(C)CCN)c1. The second-order valence-corrected chi connectivity index (χ2v) is 18.9. The Hall–Kier alpha value is -4.04. The quantitative estimate of drug-likeness (QED) is 0.140. The molecule has 3 aromatic carbocycles. The Balaban J connectivity index is 1.19. The summed E-state index contributed by atoms with van der Waals surface area (Å²) in [7, 11) is 7.58. The molecule has 6 N–H and O–H groups in total. The summed E-state index contributed by atoms with van der Waals surface area (Å²) >= 11 is 0. The number of nitrogens with zero attached hydrogens (tertiary/aromatic N) is 3. The number of nitrogens with one attached hydrogen (secondary N) is 2. The molecule has 0 radical (unpaired) electrons. The lowest BCUT2D eigenvalue weighted by Crippen LogP contribution is -2.62. The van der Waals surface area contributed by atoms with Gasteiger partial charge in [-0.05, 0) is 99.2 Å². The molecule has 1 aliphatic heterocycles. The fourth-order valence-electron chi connectivity index (χ4n) is 11.0. The van der Waals surface area contributed by atoms with Gasteiger partial charge in [-0.3, -0.25) is 14.4 Å². The Morgan fingerprint density at radius 3 is 2.39 bits per heavy atom. The maximum atomic E-state index is 14.6. The molecule has 5 aliphatic rings. The molecule has 12 heteroatoms. The summed E-state index contributed by atoms with van der Waals surface area (Å²) in [4.78, 5) is 39.3. The van der Waals surface area contributed by atoms with E-state index in [1.807, 2.05) is 80.6 Å². The number of hydrogen-bond donors (Lipinski definition) is 5. The van der Waals surface area contributed by atoms with Crippen LogP contribution in [-0.2, 0) is 22.6 Å². The van der Waals surface area contributed by atoms with Crippen LogP contribution in [0.15, 0.2) is 66.7 Å². The fourth-order valence-corrected chi connectivity index (χ4v) is 11.0. The van der Waals surface area contributed by atoms with E-state index in [2.05, 4.69) is 48.4 Å². The monoisotopic (exact) mass is 811 g/mol. The van der Waals surface area contributed by atoms with Crippen molar-refractivity contribution in [2.24, 2.45) is 34.3 Å². The predicted octanol–water partition coefficient (Wildman–Crippen LogP) is 4.46. The number of para-hydroxylation sites is 1. The molecule has 1 spiro atoms. The van der Waals surface area contributed by atoms with Crippen molar-refractivity contribution in [2.75, 3.05) is 59.4 Å². The first-order chi connectivity index (χ1) is 28.0. The van der Waals surface area contributed by atoms with Crippen LogP contribution in [0.1, 0.15) is 68.4 Å². The number of likely N-dealkylation sites (N-methyl/N-ethyl adjacent to an activating group) is 2. The molecule has 3 aromatic rings. The molecule has 4 saturated carbocycles. The van der Waals surface area contributed by atoms with Gasteiger partial charge in [-0.1, -0.05) is 69.3 Å². The van der Waals surface area contributed by atoms with E-state index >= 15 is 0 Å². The first-order valence-corrected chi connectivity index (χ1v) is 21.3. The summed E-state index contributed by atoms with van der Waals surface area (Å²) < 4.78 is 6.17. The molecule has 320 valence electrons. The van der Waals surface area contributed by atoms with Crippen LogP contribution >= 0.6 is 0 Å². The highest BCUT2D eigenvalue weighted by Gasteiger charge is 2.78. The van der Waals surface area contributed by atoms with E-state index in [-0.39, 0.29) is 42.5 Å². The molecule has 12 nitrogen and oxygen atoms in total. The molecule has 8 rings (SSSR count). The zero-order valence-corrected chi connectivity index (χ0v) is 36.2. The van der Waals surface area contributed by atoms with Crippen LogP contribution < -0.4 is 26.0 Å². The number of hydroxylamine groups is 2. The molecule has 9 atom stereocenters. The molecule has 2 amide bonds. The minimum Gasteiger partial charge on any atom is -0.496 e. The van der Waals surface area contributed by atoms with Gasteiger partial charge in [0.1, 0.15) is 17.9 Å². The maximum Gasteiger partial charge on any atom is 0.251 e. The van der Waals surface area contributed by atoms with Crippen molar-refractivity contribution in [2.45, 2.75) is 89.8 Å². The van der Waals surface area contributed by atoms with Crippen molar-refractivity contribution in [3.8, 4) is 16.9 Å². The van der Waals surface area contributed by atoms with Crippen LogP contribution in [0.5, 0.6) is 5.75 Å². The van der Waals surface area contributed by atoms with Gasteiger partial charge in [0.25, 0.3) is 5.91 Å². The van der Waals surface area contributed by atoms with Crippen molar-refractivity contribution in [1.29, 1.82) is 0 Å². The number of nitrogens with two attached hydrogens (primary N) is 1. The van der Waals surface area contributed by atoms with Crippen LogP contribution in [0.2, 0.25) is 0 Å². The van der Waals surface area contributed by atoms with E-state index in [0.717, 1.165) is 34.4 Å². The number of carbonyl (C=O) groups is 2. The standard InChI is InChI=1S/C47H66N6O6/c1-29-38-23-34(45(38,2)3)24-39(29)50-44(56)42-47(28-46(47,4)57)40(27-54)59-53(42)25-31-15-12-16-37(41(31)58-8)32-20-33(22-36(21-32)52(7)18-17-48)43(55)49-35(26-51(5)6)19-30-13-10-9-11-14-30/h9-16,20-22,29,34-35,38-40,42,54,57H,17-19,23-28,48H2,1-8H3,(H,49,55)(H,50,56)/t29-,34+,35-,38-,39-,40-,42+,46?,47+/m0/s1. The summed E-state index contributed by atoms with van der Waals surface area (Å²) in [6, 6.07) is 20.9. The molecule has 5 fully saturated rings. The highest BCUT2D eigenvalue weighted by atomic mass is 16.7. The third-order valence-electron chi connectivity index (χ3n) is 14.5. The van der Waals surface area contributed by atoms with Crippen LogP contribution in [0.25, 0.3) is 11.1 Å². The smallest absolute Gasteiger partial charge is 0.251 e. The molecular weight excluding hydrogens is 745 g/mol. The van der Waals surface area contributed by atoms with Gasteiger partial charge in [0.15, 0.2) is 0 Å². The molecule has 1 heterocycles. The number of ether oxygens (including phenoxy) is 1. The number of methoxy groups -OCH3 is 1. The summed E-state index contributed by atoms with van der Waals surface area (Å²) in [5, 5.41) is 30.5. The van der Waals surface area contributed by atoms with Crippen molar-refractivity contribution in [3.05, 3.63) is 83.4 Å². The number of anilines is 1. The van der Waals surface area contributed by atoms with E-state index in [4.69, 9.17) is 15.3 Å². The van der Waals surface area contributed by atoms with E-state index in [9.17, 15) is 19.8 Å². The maximum absolute atomic E-state index is 14.6. The highest BCUT2D eigenvalue weighted by Crippen LogP contribution is 2.66. The average Bonchev–Trinajstić information content (AvgIpc) is 3.62. The number of hydrogen-bond acceptors (Lipinski definition) is 10. The van der Waals surface area contributed by atoms with E-state index in [1.54, 1.807) is 19.1 Å². The van der Waals surface area contributed by atoms with Gasteiger partial charge in [-0.15, -0.1) is 0 Å². The first-order valence-electron chi connectivity index (χ1n) is 21.3. The number of aliphatic hydroxyl groups excluding tert-OH is 1. The Morgan fingerprint density at radius 1 is 1.05 bits per heavy atom. The number of carbonyl (C=O) groups excluding carboxylic acids is 2. The third-order valence-corrected chi connectivity index (χ3v) is 14.5. The Labute approximate surface area is 350 Å². The molecule has 1 saturated heterocycles. The summed E-state index contributed by atoms with van der Waals surface area (Å²) in [6.07, 6.45) is 2.39. The van der Waals surface area contributed by atoms with E-state index < -0.39 is 23.2 Å². The molecule has 59 heavy (non-hydrogen) atoms. The van der Waals surface area contributed by atoms with Gasteiger partial charge >= 0.3 is 0 Å². The van der Waals surface area contributed by atoms with Crippen molar-refractivity contribution < 1.29 is 29.4 Å². The van der Waals surface area contributed by atoms with Gasteiger partial charge in [0, 0.05) is 61.1 Å². The van der Waals surface area contributed by atoms with Gasteiger partial charge in [0.2, 0.25) is 5.91 Å². The molecular formula is C47H66N6O6. The minimum atomic E-state index is -1.19. The number of aliphatic hydroxyl groups is 2. The third kappa shape index (κ3) is 8.12. The second-order valence-electron chi connectivity index (χ2n) is 18.9. The average molecular weight is 811 g/mol. The zero-order chi connectivity index (χ0) is 42.4. The number of rotatable bonds is 16. The molecule has 4 aliphatic carbocycles. The Bertz CT molecular complexity index is 1990. The van der Waals surface area contributed by atoms with Crippen molar-refractivity contribution in [3.63, 3.8) is 0 Å². The van der Waals surface area contributed by atoms with Crippen LogP contribution in [0.4, 0.5) is 5.69 Å². The largest absolute Gasteiger partial charge is 0.496 e. The van der Waals surface area contributed by atoms with Gasteiger partial charge in [-0.2, -0.15) is 5.06 Å². The minimum absolute atomic E-state index is 0.0282. The first kappa shape index (κ1) is 43.1. The number of fused-ring (bicyclic) bond motifs is 2. The van der Waals surface area contributed by atoms with Gasteiger partial charge in [-0.25, -0.2) is 0 Å². The lowest BCUT2D eigenvalue weighted by atomic mass is 9.45. The zero-order valence-electron chi connectivity index (χ0n) is 36.2. The van der Waals surface area contributed by atoms with Crippen LogP contribution in [0, 0.1) is 28.6 Å². The summed E-state index contributed by atoms with van der Waals surface area (Å²) in [5.74, 6) is 1.64.